The molecule has 6 heteroatoms. The topological polar surface area (TPSA) is 80.2 Å². The highest BCUT2D eigenvalue weighted by Gasteiger charge is 2.25. The lowest BCUT2D eigenvalue weighted by Gasteiger charge is -2.26. The third-order valence-electron chi connectivity index (χ3n) is 12.0. The molecule has 0 spiro atoms. The summed E-state index contributed by atoms with van der Waals surface area (Å²) in [4.78, 5) is 28.6. The Kier molecular flexibility index (Phi) is 10.8. The molecular formula is C56H62N4OS. The van der Waals surface area contributed by atoms with Gasteiger partial charge in [-0.3, -0.25) is 4.79 Å². The summed E-state index contributed by atoms with van der Waals surface area (Å²) in [6.45, 7) is 29.1. The number of benzene rings is 3. The molecule has 1 aliphatic heterocycles. The summed E-state index contributed by atoms with van der Waals surface area (Å²) in [5.41, 5.74) is 15.7. The van der Waals surface area contributed by atoms with Crippen molar-refractivity contribution in [3.63, 3.8) is 0 Å². The molecule has 4 aromatic heterocycles. The first-order valence-electron chi connectivity index (χ1n) is 21.9. The Balaban J connectivity index is 1.48. The van der Waals surface area contributed by atoms with Crippen molar-refractivity contribution in [3.05, 3.63) is 192 Å². The average molecular weight is 839 g/mol. The van der Waals surface area contributed by atoms with Crippen molar-refractivity contribution in [2.45, 2.75) is 117 Å². The second kappa shape index (κ2) is 15.6. The summed E-state index contributed by atoms with van der Waals surface area (Å²) in [7, 11) is 0. The number of rotatable bonds is 4. The minimum Gasteiger partial charge on any atom is -0.355 e. The molecular weight excluding hydrogens is 777 g/mol. The zero-order valence-corrected chi connectivity index (χ0v) is 39.6. The van der Waals surface area contributed by atoms with Crippen LogP contribution in [0.2, 0.25) is 0 Å². The number of H-pyrrole nitrogens is 4. The van der Waals surface area contributed by atoms with Gasteiger partial charge in [0.2, 0.25) is 0 Å². The number of fused-ring (bicyclic) bond motifs is 8. The van der Waals surface area contributed by atoms with E-state index in [1.807, 2.05) is 12.1 Å². The van der Waals surface area contributed by atoms with E-state index in [-0.39, 0.29) is 26.8 Å². The van der Waals surface area contributed by atoms with Crippen LogP contribution < -0.4 is 21.4 Å². The fourth-order valence-electron chi connectivity index (χ4n) is 8.32. The predicted octanol–water partition coefficient (Wildman–Crippen LogP) is 10.7. The number of carbonyl (C=O) groups excluding carboxylic acids is 1. The molecule has 0 aliphatic carbocycles. The third kappa shape index (κ3) is 8.81. The van der Waals surface area contributed by atoms with Crippen LogP contribution in [0.5, 0.6) is 0 Å². The Morgan fingerprint density at radius 3 is 1.27 bits per heavy atom. The molecule has 8 rings (SSSR count). The Morgan fingerprint density at radius 1 is 0.419 bits per heavy atom. The van der Waals surface area contributed by atoms with Crippen molar-refractivity contribution >= 4 is 39.7 Å². The molecule has 4 N–H and O–H groups in total. The minimum atomic E-state index is -0.0485. The van der Waals surface area contributed by atoms with Gasteiger partial charge >= 0.3 is 0 Å². The normalized spacial score (nSPS) is 13.7. The Labute approximate surface area is 371 Å². The van der Waals surface area contributed by atoms with Crippen LogP contribution in [0.15, 0.2) is 114 Å². The van der Waals surface area contributed by atoms with Crippen LogP contribution in [0.3, 0.4) is 0 Å². The standard InChI is InChI=1S/C56H62N4OS/c1-33(61)62-43-18-14-34(15-19-43)50-46-22-24-48(59-46)51(35-26-37(53(2,3)4)30-38(27-35)54(5,6)7)44-20-16-41(57-44)32-42-17-21-45(58-42)52(49-25-23-47(50)60-49)36-28-39(55(8,9)10)31-40(29-36)56(11,12)13/h14-32,57-60H,1-13H3. The van der Waals surface area contributed by atoms with Gasteiger partial charge in [0.15, 0.2) is 5.12 Å². The van der Waals surface area contributed by atoms with E-state index in [1.165, 1.54) is 34.0 Å². The fraction of sp³-hybridized carbons (Fsp3) is 0.304. The van der Waals surface area contributed by atoms with Gasteiger partial charge in [-0.15, -0.1) is 0 Å². The molecule has 5 nitrogen and oxygen atoms in total. The molecule has 0 atom stereocenters. The van der Waals surface area contributed by atoms with Crippen LogP contribution in [0.1, 0.15) is 152 Å². The van der Waals surface area contributed by atoms with Crippen LogP contribution >= 0.6 is 11.8 Å². The van der Waals surface area contributed by atoms with Gasteiger partial charge in [0.1, 0.15) is 0 Å². The maximum absolute atomic E-state index is 12.1. The molecule has 3 aromatic carbocycles. The van der Waals surface area contributed by atoms with Gasteiger partial charge in [-0.1, -0.05) is 143 Å². The number of thioether (sulfide) groups is 1. The maximum Gasteiger partial charge on any atom is 0.190 e. The monoisotopic (exact) mass is 838 g/mol. The molecule has 5 heterocycles. The summed E-state index contributed by atoms with van der Waals surface area (Å²) < 4.78 is 0. The zero-order valence-electron chi connectivity index (χ0n) is 38.8. The van der Waals surface area contributed by atoms with E-state index in [0.717, 1.165) is 82.5 Å². The van der Waals surface area contributed by atoms with Crippen LogP contribution in [-0.4, -0.2) is 25.1 Å². The van der Waals surface area contributed by atoms with Crippen LogP contribution in [-0.2, 0) is 26.5 Å². The molecule has 0 amide bonds. The fourth-order valence-corrected chi connectivity index (χ4v) is 8.93. The number of aromatic nitrogens is 4. The third-order valence-corrected chi connectivity index (χ3v) is 12.8. The smallest absolute Gasteiger partial charge is 0.190 e. The van der Waals surface area contributed by atoms with E-state index in [9.17, 15) is 4.79 Å². The van der Waals surface area contributed by atoms with E-state index in [4.69, 9.17) is 0 Å². The molecule has 62 heavy (non-hydrogen) atoms. The summed E-state index contributed by atoms with van der Waals surface area (Å²) in [6, 6.07) is 40.2. The summed E-state index contributed by atoms with van der Waals surface area (Å²) in [5, 5.41) is 4.11. The van der Waals surface area contributed by atoms with Gasteiger partial charge in [0.25, 0.3) is 0 Å². The van der Waals surface area contributed by atoms with Gasteiger partial charge in [-0.2, -0.15) is 0 Å². The number of carbonyl (C=O) groups is 1. The molecule has 0 saturated heterocycles. The van der Waals surface area contributed by atoms with Crippen molar-refractivity contribution < 1.29 is 4.79 Å². The number of nitrogens with one attached hydrogen (secondary N) is 4. The van der Waals surface area contributed by atoms with Gasteiger partial charge in [0.05, 0.1) is 0 Å². The highest BCUT2D eigenvalue weighted by molar-refractivity contribution is 8.13. The number of hydrogen-bond donors (Lipinski definition) is 4. The van der Waals surface area contributed by atoms with E-state index >= 15 is 0 Å². The molecule has 0 fully saturated rings. The highest BCUT2D eigenvalue weighted by atomic mass is 32.2. The Morgan fingerprint density at radius 2 is 0.823 bits per heavy atom. The zero-order chi connectivity index (χ0) is 44.5. The van der Waals surface area contributed by atoms with Crippen LogP contribution in [0, 0.1) is 0 Å². The largest absolute Gasteiger partial charge is 0.355 e. The maximum atomic E-state index is 12.1. The number of aromatic amines is 4. The molecule has 1 aliphatic rings. The van der Waals surface area contributed by atoms with Gasteiger partial charge in [-0.25, -0.2) is 0 Å². The minimum absolute atomic E-state index is 0.0485. The Hall–Kier alpha value is -5.72. The van der Waals surface area contributed by atoms with Crippen molar-refractivity contribution in [1.29, 1.82) is 0 Å². The first-order chi connectivity index (χ1) is 29.0. The second-order valence-electron chi connectivity index (χ2n) is 21.2. The number of hydrogen-bond acceptors (Lipinski definition) is 2. The highest BCUT2D eigenvalue weighted by Crippen LogP contribution is 2.36. The second-order valence-corrected chi connectivity index (χ2v) is 22.5. The summed E-state index contributed by atoms with van der Waals surface area (Å²) in [5.74, 6) is 0. The van der Waals surface area contributed by atoms with E-state index in [2.05, 4.69) is 206 Å². The van der Waals surface area contributed by atoms with E-state index in [0.29, 0.717) is 0 Å². The van der Waals surface area contributed by atoms with Gasteiger partial charge in [-0.05, 0) is 127 Å². The lowest BCUT2D eigenvalue weighted by atomic mass is 9.78. The van der Waals surface area contributed by atoms with Crippen molar-refractivity contribution in [3.8, 4) is 0 Å². The lowest BCUT2D eigenvalue weighted by molar-refractivity contribution is -0.109. The van der Waals surface area contributed by atoms with Gasteiger partial charge < -0.3 is 19.9 Å². The average Bonchev–Trinajstić information content (AvgIpc) is 4.01. The summed E-state index contributed by atoms with van der Waals surface area (Å²) in [6.07, 6.45) is 2.20. The predicted molar refractivity (Wildman–Crippen MR) is 261 cm³/mol. The molecule has 0 unspecified atom stereocenters. The molecule has 7 aromatic rings. The van der Waals surface area contributed by atoms with Crippen LogP contribution in [0.25, 0.3) is 22.8 Å². The van der Waals surface area contributed by atoms with Crippen LogP contribution in [0.4, 0.5) is 0 Å². The SMILES string of the molecule is CC(=O)Sc1ccc(C2=c3ccc([nH]3)=C(c3cc(C(C)(C)C)cc(C(C)(C)C)c3)c3ccc([nH]3)C=c3ccc([nH]3)=C(c3cc(C(C)(C)C)cc(C(C)(C)C)c3)c3ccc2[nH]3)cc1. The van der Waals surface area contributed by atoms with Crippen molar-refractivity contribution in [1.82, 2.24) is 19.9 Å². The lowest BCUT2D eigenvalue weighted by Crippen LogP contribution is -2.20. The molecule has 8 bridgehead atoms. The van der Waals surface area contributed by atoms with E-state index in [1.54, 1.807) is 6.92 Å². The Bertz CT molecular complexity index is 3030. The van der Waals surface area contributed by atoms with Crippen molar-refractivity contribution in [2.24, 2.45) is 0 Å². The molecule has 318 valence electrons. The molecule has 0 saturated carbocycles. The quantitative estimate of drug-likeness (QED) is 0.133. The molecule has 0 radical (unpaired) electrons. The van der Waals surface area contributed by atoms with Gasteiger partial charge in [0, 0.05) is 72.7 Å². The first-order valence-corrected chi connectivity index (χ1v) is 22.7. The van der Waals surface area contributed by atoms with E-state index < -0.39 is 0 Å². The van der Waals surface area contributed by atoms with Crippen molar-refractivity contribution in [2.75, 3.05) is 0 Å². The first kappa shape index (κ1) is 42.9. The summed E-state index contributed by atoms with van der Waals surface area (Å²) >= 11 is 1.26.